The number of benzene rings is 1. The first-order valence-corrected chi connectivity index (χ1v) is 6.49. The SMILES string of the molecule is CNC(Cc1cc(OC)ncn1)c1cccc(Cl)c1F. The maximum Gasteiger partial charge on any atom is 0.216 e. The van der Waals surface area contributed by atoms with Gasteiger partial charge in [-0.3, -0.25) is 0 Å². The van der Waals surface area contributed by atoms with E-state index in [1.54, 1.807) is 25.2 Å². The molecule has 0 aliphatic rings. The van der Waals surface area contributed by atoms with Gasteiger partial charge >= 0.3 is 0 Å². The Morgan fingerprint density at radius 3 is 2.90 bits per heavy atom. The minimum absolute atomic E-state index is 0.114. The summed E-state index contributed by atoms with van der Waals surface area (Å²) in [5, 5.41) is 3.19. The van der Waals surface area contributed by atoms with Gasteiger partial charge in [0.05, 0.1) is 12.1 Å². The smallest absolute Gasteiger partial charge is 0.216 e. The molecule has 0 aliphatic carbocycles. The van der Waals surface area contributed by atoms with E-state index in [-0.39, 0.29) is 11.1 Å². The van der Waals surface area contributed by atoms with Gasteiger partial charge in [0.15, 0.2) is 0 Å². The van der Waals surface area contributed by atoms with Crippen LogP contribution in [0.25, 0.3) is 0 Å². The molecular weight excluding hydrogens is 281 g/mol. The molecule has 1 aromatic heterocycles. The molecule has 0 saturated heterocycles. The van der Waals surface area contributed by atoms with Gasteiger partial charge in [0.2, 0.25) is 5.88 Å². The summed E-state index contributed by atoms with van der Waals surface area (Å²) in [6.45, 7) is 0. The average molecular weight is 296 g/mol. The Kier molecular flexibility index (Phi) is 4.87. The molecule has 0 fully saturated rings. The van der Waals surface area contributed by atoms with E-state index in [1.807, 2.05) is 0 Å². The predicted octanol–water partition coefficient (Wildman–Crippen LogP) is 2.78. The molecule has 0 radical (unpaired) electrons. The van der Waals surface area contributed by atoms with E-state index in [1.165, 1.54) is 19.5 Å². The standard InChI is InChI=1S/C14H15ClFN3O/c1-17-12(10-4-3-5-11(15)14(10)16)6-9-7-13(20-2)19-8-18-9/h3-5,7-8,12,17H,6H2,1-2H3. The van der Waals surface area contributed by atoms with E-state index in [0.29, 0.717) is 17.9 Å². The van der Waals surface area contributed by atoms with Gasteiger partial charge in [-0.25, -0.2) is 14.4 Å². The highest BCUT2D eigenvalue weighted by Gasteiger charge is 2.17. The van der Waals surface area contributed by atoms with Crippen LogP contribution >= 0.6 is 11.6 Å². The molecule has 6 heteroatoms. The maximum absolute atomic E-state index is 14.1. The van der Waals surface area contributed by atoms with Crippen molar-refractivity contribution in [3.05, 3.63) is 52.7 Å². The van der Waals surface area contributed by atoms with E-state index < -0.39 is 5.82 Å². The fourth-order valence-corrected chi connectivity index (χ4v) is 2.15. The van der Waals surface area contributed by atoms with E-state index in [9.17, 15) is 4.39 Å². The summed E-state index contributed by atoms with van der Waals surface area (Å²) in [6, 6.07) is 6.47. The first kappa shape index (κ1) is 14.7. The Labute approximate surface area is 122 Å². The molecule has 2 rings (SSSR count). The van der Waals surface area contributed by atoms with Gasteiger partial charge < -0.3 is 10.1 Å². The Balaban J connectivity index is 2.26. The molecule has 0 amide bonds. The minimum atomic E-state index is -0.408. The maximum atomic E-state index is 14.1. The third kappa shape index (κ3) is 3.23. The lowest BCUT2D eigenvalue weighted by Crippen LogP contribution is -2.20. The van der Waals surface area contributed by atoms with Crippen molar-refractivity contribution < 1.29 is 9.13 Å². The molecule has 2 aromatic rings. The number of hydrogen-bond donors (Lipinski definition) is 1. The third-order valence-corrected chi connectivity index (χ3v) is 3.32. The number of nitrogens with zero attached hydrogens (tertiary/aromatic N) is 2. The normalized spacial score (nSPS) is 12.2. The average Bonchev–Trinajstić information content (AvgIpc) is 2.48. The van der Waals surface area contributed by atoms with Crippen molar-refractivity contribution in [3.63, 3.8) is 0 Å². The zero-order valence-electron chi connectivity index (χ0n) is 11.2. The van der Waals surface area contributed by atoms with Crippen LogP contribution in [0, 0.1) is 5.82 Å². The number of ether oxygens (including phenoxy) is 1. The number of hydrogen-bond acceptors (Lipinski definition) is 4. The highest BCUT2D eigenvalue weighted by Crippen LogP contribution is 2.25. The van der Waals surface area contributed by atoms with Crippen LogP contribution in [0.5, 0.6) is 5.88 Å². The van der Waals surface area contributed by atoms with Crippen molar-refractivity contribution in [1.82, 2.24) is 15.3 Å². The second-order valence-electron chi connectivity index (χ2n) is 4.24. The fraction of sp³-hybridized carbons (Fsp3) is 0.286. The second-order valence-corrected chi connectivity index (χ2v) is 4.65. The molecule has 1 unspecified atom stereocenters. The van der Waals surface area contributed by atoms with Crippen LogP contribution < -0.4 is 10.1 Å². The van der Waals surface area contributed by atoms with Crippen LogP contribution in [0.4, 0.5) is 4.39 Å². The third-order valence-electron chi connectivity index (χ3n) is 3.03. The minimum Gasteiger partial charge on any atom is -0.481 e. The summed E-state index contributed by atoms with van der Waals surface area (Å²) in [5.74, 6) is 0.0750. The van der Waals surface area contributed by atoms with Crippen LogP contribution in [0.3, 0.4) is 0 Å². The van der Waals surface area contributed by atoms with Gasteiger partial charge in [-0.05, 0) is 13.1 Å². The number of rotatable bonds is 5. The van der Waals surface area contributed by atoms with E-state index in [2.05, 4.69) is 15.3 Å². The van der Waals surface area contributed by atoms with E-state index in [4.69, 9.17) is 16.3 Å². The number of methoxy groups -OCH3 is 1. The molecule has 0 spiro atoms. The van der Waals surface area contributed by atoms with Crippen LogP contribution in [0.1, 0.15) is 17.3 Å². The number of halogens is 2. The monoisotopic (exact) mass is 295 g/mol. The second kappa shape index (κ2) is 6.63. The molecule has 4 nitrogen and oxygen atoms in total. The van der Waals surface area contributed by atoms with Crippen molar-refractivity contribution in [3.8, 4) is 5.88 Å². The van der Waals surface area contributed by atoms with Gasteiger partial charge in [0.1, 0.15) is 12.1 Å². The van der Waals surface area contributed by atoms with Crippen molar-refractivity contribution >= 4 is 11.6 Å². The van der Waals surface area contributed by atoms with Crippen LogP contribution in [0.2, 0.25) is 5.02 Å². The first-order chi connectivity index (χ1) is 9.65. The van der Waals surface area contributed by atoms with Gasteiger partial charge in [-0.2, -0.15) is 0 Å². The van der Waals surface area contributed by atoms with Crippen LogP contribution in [-0.4, -0.2) is 24.1 Å². The summed E-state index contributed by atoms with van der Waals surface area (Å²) in [5.41, 5.74) is 1.27. The lowest BCUT2D eigenvalue weighted by Gasteiger charge is -2.17. The summed E-state index contributed by atoms with van der Waals surface area (Å²) >= 11 is 5.82. The molecule has 1 heterocycles. The highest BCUT2D eigenvalue weighted by atomic mass is 35.5. The van der Waals surface area contributed by atoms with Crippen LogP contribution in [-0.2, 0) is 6.42 Å². The van der Waals surface area contributed by atoms with E-state index >= 15 is 0 Å². The lowest BCUT2D eigenvalue weighted by molar-refractivity contribution is 0.395. The van der Waals surface area contributed by atoms with Crippen molar-refractivity contribution in [2.45, 2.75) is 12.5 Å². The molecule has 1 N–H and O–H groups in total. The summed E-state index contributed by atoms with van der Waals surface area (Å²) in [7, 11) is 3.31. The fourth-order valence-electron chi connectivity index (χ4n) is 1.97. The molecule has 1 aromatic carbocycles. The number of likely N-dealkylation sites (N-methyl/N-ethyl adjacent to an activating group) is 1. The number of nitrogens with one attached hydrogen (secondary N) is 1. The lowest BCUT2D eigenvalue weighted by atomic mass is 10.0. The largest absolute Gasteiger partial charge is 0.481 e. The highest BCUT2D eigenvalue weighted by molar-refractivity contribution is 6.30. The topological polar surface area (TPSA) is 47.0 Å². The zero-order valence-corrected chi connectivity index (χ0v) is 12.0. The Bertz CT molecular complexity index is 594. The molecular formula is C14H15ClFN3O. The van der Waals surface area contributed by atoms with Gasteiger partial charge in [-0.15, -0.1) is 0 Å². The molecule has 0 aliphatic heterocycles. The van der Waals surface area contributed by atoms with Crippen molar-refractivity contribution in [1.29, 1.82) is 0 Å². The zero-order chi connectivity index (χ0) is 14.5. The van der Waals surface area contributed by atoms with Crippen LogP contribution in [0.15, 0.2) is 30.6 Å². The predicted molar refractivity (Wildman–Crippen MR) is 75.5 cm³/mol. The van der Waals surface area contributed by atoms with Gasteiger partial charge in [0.25, 0.3) is 0 Å². The molecule has 106 valence electrons. The van der Waals surface area contributed by atoms with E-state index in [0.717, 1.165) is 5.69 Å². The summed E-state index contributed by atoms with van der Waals surface area (Å²) < 4.78 is 19.1. The molecule has 0 saturated carbocycles. The van der Waals surface area contributed by atoms with Gasteiger partial charge in [-0.1, -0.05) is 23.7 Å². The molecule has 0 bridgehead atoms. The Morgan fingerprint density at radius 1 is 1.40 bits per heavy atom. The van der Waals surface area contributed by atoms with Crippen molar-refractivity contribution in [2.24, 2.45) is 0 Å². The van der Waals surface area contributed by atoms with Gasteiger partial charge in [0, 0.05) is 29.8 Å². The summed E-state index contributed by atoms with van der Waals surface area (Å²) in [4.78, 5) is 8.11. The first-order valence-electron chi connectivity index (χ1n) is 6.11. The quantitative estimate of drug-likeness (QED) is 0.921. The Hall–Kier alpha value is -1.72. The van der Waals surface area contributed by atoms with Crippen molar-refractivity contribution in [2.75, 3.05) is 14.2 Å². The molecule has 20 heavy (non-hydrogen) atoms. The summed E-state index contributed by atoms with van der Waals surface area (Å²) in [6.07, 6.45) is 1.93. The Morgan fingerprint density at radius 2 is 2.20 bits per heavy atom. The number of aromatic nitrogens is 2. The molecule has 1 atom stereocenters.